The molecule has 0 amide bonds. The molecule has 0 saturated heterocycles. The molecule has 2 aromatic rings. The molecule has 2 N–H and O–H groups in total. The average molecular weight is 272 g/mol. The third-order valence-corrected chi connectivity index (χ3v) is 2.91. The summed E-state index contributed by atoms with van der Waals surface area (Å²) in [6.07, 6.45) is 1.77. The van der Waals surface area contributed by atoms with Crippen LogP contribution in [0.4, 0.5) is 5.69 Å². The number of benzene rings is 1. The van der Waals surface area contributed by atoms with Gasteiger partial charge in [-0.05, 0) is 38.5 Å². The maximum absolute atomic E-state index is 10.0. The van der Waals surface area contributed by atoms with Crippen LogP contribution in [0.3, 0.4) is 0 Å². The number of pyridine rings is 1. The van der Waals surface area contributed by atoms with Crippen LogP contribution in [0.25, 0.3) is 0 Å². The number of nitrogens with zero attached hydrogens (tertiary/aromatic N) is 1. The SMILES string of the molecule is Cc1cccc(CNc2cccnc2OC(C)C)c1O. The lowest BCUT2D eigenvalue weighted by molar-refractivity contribution is 0.234. The van der Waals surface area contributed by atoms with Gasteiger partial charge in [-0.1, -0.05) is 18.2 Å². The Kier molecular flexibility index (Phi) is 4.45. The third kappa shape index (κ3) is 3.41. The smallest absolute Gasteiger partial charge is 0.237 e. The number of aryl methyl sites for hydroxylation is 1. The molecule has 0 aliphatic heterocycles. The molecule has 0 unspecified atom stereocenters. The maximum atomic E-state index is 10.0. The van der Waals surface area contributed by atoms with Gasteiger partial charge in [0, 0.05) is 18.3 Å². The molecule has 106 valence electrons. The minimum absolute atomic E-state index is 0.0674. The van der Waals surface area contributed by atoms with E-state index in [-0.39, 0.29) is 6.10 Å². The van der Waals surface area contributed by atoms with Crippen LogP contribution in [-0.4, -0.2) is 16.2 Å². The molecule has 4 nitrogen and oxygen atoms in total. The van der Waals surface area contributed by atoms with Gasteiger partial charge in [0.1, 0.15) is 5.75 Å². The van der Waals surface area contributed by atoms with Gasteiger partial charge in [0.05, 0.1) is 11.8 Å². The fourth-order valence-electron chi connectivity index (χ4n) is 1.90. The first-order valence-electron chi connectivity index (χ1n) is 6.71. The molecule has 20 heavy (non-hydrogen) atoms. The maximum Gasteiger partial charge on any atom is 0.237 e. The summed E-state index contributed by atoms with van der Waals surface area (Å²) in [5, 5.41) is 13.3. The number of hydrogen-bond acceptors (Lipinski definition) is 4. The van der Waals surface area contributed by atoms with Gasteiger partial charge in [-0.25, -0.2) is 4.98 Å². The Hall–Kier alpha value is -2.23. The summed E-state index contributed by atoms with van der Waals surface area (Å²) in [6.45, 7) is 6.33. The predicted molar refractivity (Wildman–Crippen MR) is 80.2 cm³/mol. The van der Waals surface area contributed by atoms with Gasteiger partial charge in [-0.3, -0.25) is 0 Å². The van der Waals surface area contributed by atoms with E-state index in [1.165, 1.54) is 0 Å². The van der Waals surface area contributed by atoms with Crippen molar-refractivity contribution in [2.75, 3.05) is 5.32 Å². The van der Waals surface area contributed by atoms with Gasteiger partial charge >= 0.3 is 0 Å². The van der Waals surface area contributed by atoms with E-state index >= 15 is 0 Å². The number of aromatic nitrogens is 1. The van der Waals surface area contributed by atoms with Crippen molar-refractivity contribution in [1.82, 2.24) is 4.98 Å². The first kappa shape index (κ1) is 14.2. The Morgan fingerprint density at radius 1 is 1.25 bits per heavy atom. The quantitative estimate of drug-likeness (QED) is 0.874. The number of para-hydroxylation sites is 1. The molecule has 0 spiro atoms. The van der Waals surface area contributed by atoms with Crippen molar-refractivity contribution in [2.24, 2.45) is 0 Å². The normalized spacial score (nSPS) is 10.6. The number of aromatic hydroxyl groups is 1. The van der Waals surface area contributed by atoms with Crippen LogP contribution in [0.15, 0.2) is 36.5 Å². The van der Waals surface area contributed by atoms with Gasteiger partial charge < -0.3 is 15.2 Å². The first-order valence-corrected chi connectivity index (χ1v) is 6.71. The van der Waals surface area contributed by atoms with Gasteiger partial charge in [0.2, 0.25) is 5.88 Å². The lowest BCUT2D eigenvalue weighted by atomic mass is 10.1. The van der Waals surface area contributed by atoms with E-state index in [9.17, 15) is 5.11 Å². The van der Waals surface area contributed by atoms with Crippen LogP contribution in [0.1, 0.15) is 25.0 Å². The van der Waals surface area contributed by atoms with Crippen molar-refractivity contribution in [2.45, 2.75) is 33.4 Å². The number of nitrogens with one attached hydrogen (secondary N) is 1. The van der Waals surface area contributed by atoms with E-state index in [1.54, 1.807) is 6.20 Å². The van der Waals surface area contributed by atoms with Crippen molar-refractivity contribution < 1.29 is 9.84 Å². The van der Waals surface area contributed by atoms with Crippen LogP contribution >= 0.6 is 0 Å². The molecule has 0 saturated carbocycles. The molecule has 0 bridgehead atoms. The Morgan fingerprint density at radius 2 is 2.05 bits per heavy atom. The van der Waals surface area contributed by atoms with Crippen molar-refractivity contribution in [3.63, 3.8) is 0 Å². The minimum Gasteiger partial charge on any atom is -0.507 e. The Labute approximate surface area is 119 Å². The largest absolute Gasteiger partial charge is 0.507 e. The molecule has 0 aliphatic rings. The van der Waals surface area contributed by atoms with Gasteiger partial charge in [0.15, 0.2) is 0 Å². The van der Waals surface area contributed by atoms with Gasteiger partial charge in [0.25, 0.3) is 0 Å². The molecule has 0 atom stereocenters. The molecule has 4 heteroatoms. The molecule has 2 rings (SSSR count). The highest BCUT2D eigenvalue weighted by molar-refractivity contribution is 5.53. The zero-order valence-electron chi connectivity index (χ0n) is 12.1. The summed E-state index contributed by atoms with van der Waals surface area (Å²) < 4.78 is 5.65. The highest BCUT2D eigenvalue weighted by Gasteiger charge is 2.08. The molecule has 0 fully saturated rings. The van der Waals surface area contributed by atoms with Gasteiger partial charge in [-0.2, -0.15) is 0 Å². The Bertz CT molecular complexity index is 582. The van der Waals surface area contributed by atoms with E-state index in [1.807, 2.05) is 51.1 Å². The van der Waals surface area contributed by atoms with Crippen molar-refractivity contribution >= 4 is 5.69 Å². The number of phenols is 1. The second kappa shape index (κ2) is 6.28. The fourth-order valence-corrected chi connectivity index (χ4v) is 1.90. The van der Waals surface area contributed by atoms with Crippen molar-refractivity contribution in [1.29, 1.82) is 0 Å². The minimum atomic E-state index is 0.0674. The summed E-state index contributed by atoms with van der Waals surface area (Å²) in [5.41, 5.74) is 2.54. The van der Waals surface area contributed by atoms with Crippen molar-refractivity contribution in [3.05, 3.63) is 47.7 Å². The average Bonchev–Trinajstić information content (AvgIpc) is 2.41. The van der Waals surface area contributed by atoms with E-state index in [0.29, 0.717) is 18.2 Å². The molecule has 0 aliphatic carbocycles. The molecule has 1 aromatic carbocycles. The fraction of sp³-hybridized carbons (Fsp3) is 0.312. The summed E-state index contributed by atoms with van der Waals surface area (Å²) in [5.74, 6) is 0.907. The number of anilines is 1. The van der Waals surface area contributed by atoms with E-state index in [4.69, 9.17) is 4.74 Å². The first-order chi connectivity index (χ1) is 9.58. The zero-order valence-corrected chi connectivity index (χ0v) is 12.1. The second-order valence-corrected chi connectivity index (χ2v) is 4.96. The summed E-state index contributed by atoms with van der Waals surface area (Å²) in [4.78, 5) is 4.22. The molecule has 1 heterocycles. The topological polar surface area (TPSA) is 54.4 Å². The predicted octanol–water partition coefficient (Wildman–Crippen LogP) is 3.49. The lowest BCUT2D eigenvalue weighted by Crippen LogP contribution is -2.10. The molecule has 0 radical (unpaired) electrons. The van der Waals surface area contributed by atoms with E-state index in [2.05, 4.69) is 10.3 Å². The summed E-state index contributed by atoms with van der Waals surface area (Å²) in [6, 6.07) is 9.48. The summed E-state index contributed by atoms with van der Waals surface area (Å²) >= 11 is 0. The standard InChI is InChI=1S/C16H20N2O2/c1-11(2)20-16-14(8-5-9-17-16)18-10-13-7-4-6-12(3)15(13)19/h4-9,11,18-19H,10H2,1-3H3. The number of rotatable bonds is 5. The third-order valence-electron chi connectivity index (χ3n) is 2.91. The van der Waals surface area contributed by atoms with Crippen LogP contribution in [0.5, 0.6) is 11.6 Å². The van der Waals surface area contributed by atoms with Crippen LogP contribution in [0.2, 0.25) is 0 Å². The highest BCUT2D eigenvalue weighted by atomic mass is 16.5. The number of ether oxygens (including phenoxy) is 1. The molecular formula is C16H20N2O2. The van der Waals surface area contributed by atoms with Gasteiger partial charge in [-0.15, -0.1) is 0 Å². The van der Waals surface area contributed by atoms with E-state index in [0.717, 1.165) is 16.8 Å². The number of phenolic OH excluding ortho intramolecular Hbond substituents is 1. The highest BCUT2D eigenvalue weighted by Crippen LogP contribution is 2.25. The second-order valence-electron chi connectivity index (χ2n) is 4.96. The molecular weight excluding hydrogens is 252 g/mol. The van der Waals surface area contributed by atoms with Crippen LogP contribution in [0, 0.1) is 6.92 Å². The van der Waals surface area contributed by atoms with Crippen LogP contribution in [-0.2, 0) is 6.54 Å². The Balaban J connectivity index is 2.13. The monoisotopic (exact) mass is 272 g/mol. The zero-order chi connectivity index (χ0) is 14.5. The van der Waals surface area contributed by atoms with Crippen molar-refractivity contribution in [3.8, 4) is 11.6 Å². The Morgan fingerprint density at radius 3 is 2.80 bits per heavy atom. The summed E-state index contributed by atoms with van der Waals surface area (Å²) in [7, 11) is 0. The van der Waals surface area contributed by atoms with E-state index < -0.39 is 0 Å². The van der Waals surface area contributed by atoms with Crippen LogP contribution < -0.4 is 10.1 Å². The number of hydrogen-bond donors (Lipinski definition) is 2. The lowest BCUT2D eigenvalue weighted by Gasteiger charge is -2.15. The molecule has 1 aromatic heterocycles.